The molecular formula is C24H20FN3O2. The van der Waals surface area contributed by atoms with Crippen LogP contribution in [-0.2, 0) is 0 Å². The molecule has 0 aliphatic carbocycles. The first-order valence-electron chi connectivity index (χ1n) is 9.97. The number of halogens is 1. The van der Waals surface area contributed by atoms with Gasteiger partial charge in [-0.25, -0.2) is 9.37 Å². The first-order chi connectivity index (χ1) is 14.6. The van der Waals surface area contributed by atoms with Crippen LogP contribution in [0.5, 0.6) is 5.88 Å². The van der Waals surface area contributed by atoms with Crippen LogP contribution in [0.25, 0.3) is 33.4 Å². The molecule has 150 valence electrons. The molecule has 1 fully saturated rings. The molecule has 0 unspecified atom stereocenters. The Balaban J connectivity index is 1.40. The lowest BCUT2D eigenvalue weighted by Gasteiger charge is -2.15. The number of H-pyrrole nitrogens is 1. The minimum Gasteiger partial charge on any atom is -0.495 e. The van der Waals surface area contributed by atoms with Gasteiger partial charge in [0.05, 0.1) is 11.0 Å². The number of carbonyl (C=O) groups excluding carboxylic acids is 1. The number of aromatic hydroxyl groups is 1. The molecule has 5 nitrogen and oxygen atoms in total. The summed E-state index contributed by atoms with van der Waals surface area (Å²) in [5, 5.41) is 9.54. The number of amides is 1. The third kappa shape index (κ3) is 3.30. The fourth-order valence-corrected chi connectivity index (χ4v) is 3.95. The summed E-state index contributed by atoms with van der Waals surface area (Å²) in [6, 6.07) is 17.9. The largest absolute Gasteiger partial charge is 0.495 e. The molecule has 1 amide bonds. The molecule has 30 heavy (non-hydrogen) atoms. The van der Waals surface area contributed by atoms with Crippen LogP contribution < -0.4 is 0 Å². The van der Waals surface area contributed by atoms with Gasteiger partial charge in [0.2, 0.25) is 0 Å². The molecule has 1 aliphatic rings. The standard InChI is InChI=1S/C24H20FN3O2/c25-19-13-20-21(14-22(29)26-20)27-23(19)17-7-3-15(4-8-17)16-5-9-18(10-6-16)24(30)28-11-1-2-12-28/h3-10,13-14,26,29H,1-2,11-12H2. The van der Waals surface area contributed by atoms with Gasteiger partial charge in [-0.05, 0) is 36.1 Å². The predicted molar refractivity (Wildman–Crippen MR) is 114 cm³/mol. The Kier molecular flexibility index (Phi) is 4.47. The van der Waals surface area contributed by atoms with E-state index in [0.29, 0.717) is 22.2 Å². The zero-order valence-electron chi connectivity index (χ0n) is 16.2. The van der Waals surface area contributed by atoms with Crippen LogP contribution in [0.3, 0.4) is 0 Å². The molecule has 1 aliphatic heterocycles. The van der Waals surface area contributed by atoms with E-state index in [1.807, 2.05) is 53.4 Å². The van der Waals surface area contributed by atoms with Crippen LogP contribution >= 0.6 is 0 Å². The van der Waals surface area contributed by atoms with Crippen molar-refractivity contribution in [3.63, 3.8) is 0 Å². The van der Waals surface area contributed by atoms with Gasteiger partial charge in [-0.3, -0.25) is 4.79 Å². The first-order valence-corrected chi connectivity index (χ1v) is 9.97. The summed E-state index contributed by atoms with van der Waals surface area (Å²) in [7, 11) is 0. The van der Waals surface area contributed by atoms with Gasteiger partial charge in [-0.1, -0.05) is 36.4 Å². The Morgan fingerprint density at radius 3 is 2.20 bits per heavy atom. The van der Waals surface area contributed by atoms with Crippen LogP contribution in [0.2, 0.25) is 0 Å². The normalized spacial score (nSPS) is 13.8. The number of nitrogens with one attached hydrogen (secondary N) is 1. The molecule has 2 N–H and O–H groups in total. The summed E-state index contributed by atoms with van der Waals surface area (Å²) in [6.07, 6.45) is 2.15. The smallest absolute Gasteiger partial charge is 0.253 e. The highest BCUT2D eigenvalue weighted by atomic mass is 19.1. The Morgan fingerprint density at radius 2 is 1.53 bits per heavy atom. The quantitative estimate of drug-likeness (QED) is 0.509. The maximum atomic E-state index is 14.5. The number of aromatic nitrogens is 2. The third-order valence-corrected chi connectivity index (χ3v) is 5.56. The molecule has 3 heterocycles. The van der Waals surface area contributed by atoms with Gasteiger partial charge in [-0.15, -0.1) is 0 Å². The fraction of sp³-hybridized carbons (Fsp3) is 0.167. The van der Waals surface area contributed by atoms with Crippen molar-refractivity contribution >= 4 is 16.9 Å². The molecule has 5 rings (SSSR count). The van der Waals surface area contributed by atoms with Crippen LogP contribution in [0.15, 0.2) is 60.7 Å². The maximum absolute atomic E-state index is 14.5. The second-order valence-corrected chi connectivity index (χ2v) is 7.56. The van der Waals surface area contributed by atoms with Crippen molar-refractivity contribution in [1.82, 2.24) is 14.9 Å². The molecule has 0 bridgehead atoms. The molecular weight excluding hydrogens is 381 g/mol. The monoisotopic (exact) mass is 401 g/mol. The minimum absolute atomic E-state index is 0.0453. The van der Waals surface area contributed by atoms with E-state index >= 15 is 0 Å². The number of carbonyl (C=O) groups is 1. The summed E-state index contributed by atoms with van der Waals surface area (Å²) in [4.78, 5) is 21.4. The summed E-state index contributed by atoms with van der Waals surface area (Å²) >= 11 is 0. The molecule has 4 aromatic rings. The van der Waals surface area contributed by atoms with Crippen molar-refractivity contribution in [2.24, 2.45) is 0 Å². The summed E-state index contributed by atoms with van der Waals surface area (Å²) in [5.41, 5.74) is 4.50. The number of rotatable bonds is 3. The van der Waals surface area contributed by atoms with E-state index in [0.717, 1.165) is 37.1 Å². The van der Waals surface area contributed by atoms with E-state index in [-0.39, 0.29) is 17.5 Å². The number of nitrogens with zero attached hydrogens (tertiary/aromatic N) is 2. The van der Waals surface area contributed by atoms with Crippen molar-refractivity contribution < 1.29 is 14.3 Å². The number of likely N-dealkylation sites (tertiary alicyclic amines) is 1. The Bertz CT molecular complexity index is 1220. The van der Waals surface area contributed by atoms with Gasteiger partial charge in [0, 0.05) is 36.3 Å². The van der Waals surface area contributed by atoms with E-state index in [1.165, 1.54) is 12.1 Å². The molecule has 2 aromatic carbocycles. The van der Waals surface area contributed by atoms with Gasteiger partial charge in [0.15, 0.2) is 11.7 Å². The Hall–Kier alpha value is -3.67. The van der Waals surface area contributed by atoms with Gasteiger partial charge in [0.25, 0.3) is 5.91 Å². The molecule has 1 saturated heterocycles. The van der Waals surface area contributed by atoms with Gasteiger partial charge < -0.3 is 15.0 Å². The second kappa shape index (κ2) is 7.30. The Labute approximate surface area is 172 Å². The van der Waals surface area contributed by atoms with Crippen LogP contribution in [0.4, 0.5) is 4.39 Å². The van der Waals surface area contributed by atoms with Crippen LogP contribution in [0.1, 0.15) is 23.2 Å². The zero-order valence-corrected chi connectivity index (χ0v) is 16.2. The molecule has 0 atom stereocenters. The first kappa shape index (κ1) is 18.4. The second-order valence-electron chi connectivity index (χ2n) is 7.56. The highest BCUT2D eigenvalue weighted by Gasteiger charge is 2.19. The van der Waals surface area contributed by atoms with Crippen molar-refractivity contribution in [3.05, 3.63) is 72.0 Å². The predicted octanol–water partition coefficient (Wildman–Crippen LogP) is 4.98. The third-order valence-electron chi connectivity index (χ3n) is 5.56. The number of aromatic amines is 1. The van der Waals surface area contributed by atoms with Crippen molar-refractivity contribution in [2.75, 3.05) is 13.1 Å². The van der Waals surface area contributed by atoms with Gasteiger partial charge in [-0.2, -0.15) is 0 Å². The molecule has 0 radical (unpaired) electrons. The lowest BCUT2D eigenvalue weighted by atomic mass is 10.0. The topological polar surface area (TPSA) is 69.2 Å². The van der Waals surface area contributed by atoms with Crippen molar-refractivity contribution in [2.45, 2.75) is 12.8 Å². The van der Waals surface area contributed by atoms with E-state index in [2.05, 4.69) is 9.97 Å². The molecule has 6 heteroatoms. The lowest BCUT2D eigenvalue weighted by Crippen LogP contribution is -2.27. The maximum Gasteiger partial charge on any atom is 0.253 e. The summed E-state index contributed by atoms with van der Waals surface area (Å²) in [6.45, 7) is 1.67. The number of benzene rings is 2. The van der Waals surface area contributed by atoms with Crippen molar-refractivity contribution in [1.29, 1.82) is 0 Å². The van der Waals surface area contributed by atoms with E-state index in [4.69, 9.17) is 0 Å². The van der Waals surface area contributed by atoms with E-state index < -0.39 is 5.82 Å². The summed E-state index contributed by atoms with van der Waals surface area (Å²) < 4.78 is 14.5. The zero-order chi connectivity index (χ0) is 20.7. The highest BCUT2D eigenvalue weighted by Crippen LogP contribution is 2.29. The number of fused-ring (bicyclic) bond motifs is 1. The molecule has 0 saturated carbocycles. The average Bonchev–Trinajstić information content (AvgIpc) is 3.42. The van der Waals surface area contributed by atoms with E-state index in [1.54, 1.807) is 0 Å². The summed E-state index contributed by atoms with van der Waals surface area (Å²) in [5.74, 6) is -0.417. The van der Waals surface area contributed by atoms with Gasteiger partial charge in [0.1, 0.15) is 5.69 Å². The van der Waals surface area contributed by atoms with Crippen LogP contribution in [-0.4, -0.2) is 39.0 Å². The van der Waals surface area contributed by atoms with E-state index in [9.17, 15) is 14.3 Å². The number of hydrogen-bond donors (Lipinski definition) is 2. The Morgan fingerprint density at radius 1 is 0.933 bits per heavy atom. The number of pyridine rings is 1. The molecule has 0 spiro atoms. The highest BCUT2D eigenvalue weighted by molar-refractivity contribution is 5.95. The minimum atomic E-state index is -0.457. The van der Waals surface area contributed by atoms with Crippen molar-refractivity contribution in [3.8, 4) is 28.3 Å². The fourth-order valence-electron chi connectivity index (χ4n) is 3.95. The molecule has 2 aromatic heterocycles. The van der Waals surface area contributed by atoms with Crippen LogP contribution in [0, 0.1) is 5.82 Å². The average molecular weight is 401 g/mol. The lowest BCUT2D eigenvalue weighted by molar-refractivity contribution is 0.0793. The van der Waals surface area contributed by atoms with Gasteiger partial charge >= 0.3 is 0 Å². The SMILES string of the molecule is O=C(c1ccc(-c2ccc(-c3nc4cc(O)[nH]c4cc3F)cc2)cc1)N1CCCC1. The number of hydrogen-bond acceptors (Lipinski definition) is 3.